The molecule has 11 heteroatoms. The van der Waals surface area contributed by atoms with Gasteiger partial charge in [-0.05, 0) is 36.3 Å². The number of nitrogens with one attached hydrogen (secondary N) is 4. The van der Waals surface area contributed by atoms with Crippen molar-refractivity contribution in [2.24, 2.45) is 17.6 Å². The molecule has 0 aliphatic rings. The van der Waals surface area contributed by atoms with Gasteiger partial charge in [-0.3, -0.25) is 14.4 Å². The third-order valence-corrected chi connectivity index (χ3v) is 5.84. The van der Waals surface area contributed by atoms with E-state index in [1.807, 2.05) is 38.1 Å². The van der Waals surface area contributed by atoms with E-state index in [-0.39, 0.29) is 18.3 Å². The van der Waals surface area contributed by atoms with Crippen LogP contribution >= 0.6 is 0 Å². The lowest BCUT2D eigenvalue weighted by molar-refractivity contribution is -0.143. The lowest BCUT2D eigenvalue weighted by Gasteiger charge is -2.27. The summed E-state index contributed by atoms with van der Waals surface area (Å²) in [6.45, 7) is 6.37. The van der Waals surface area contributed by atoms with Crippen molar-refractivity contribution < 1.29 is 29.4 Å². The monoisotopic (exact) mass is 503 g/mol. The third kappa shape index (κ3) is 7.79. The fraction of sp³-hybridized carbons (Fsp3) is 0.520. The third-order valence-electron chi connectivity index (χ3n) is 5.84. The fourth-order valence-electron chi connectivity index (χ4n) is 3.85. The molecular formula is C25H37N5O6. The van der Waals surface area contributed by atoms with Crippen LogP contribution in [0.2, 0.25) is 0 Å². The number of carbonyl (C=O) groups excluding carboxylic acids is 3. The second-order valence-corrected chi connectivity index (χ2v) is 9.67. The van der Waals surface area contributed by atoms with Crippen molar-refractivity contribution >= 4 is 34.6 Å². The number of aliphatic hydroxyl groups is 1. The highest BCUT2D eigenvalue weighted by atomic mass is 16.4. The zero-order chi connectivity index (χ0) is 27.0. The molecule has 8 N–H and O–H groups in total. The summed E-state index contributed by atoms with van der Waals surface area (Å²) >= 11 is 0. The minimum atomic E-state index is -1.50. The summed E-state index contributed by atoms with van der Waals surface area (Å²) in [6, 6.07) is 3.24. The number of carbonyl (C=O) groups is 4. The van der Waals surface area contributed by atoms with Crippen LogP contribution in [0, 0.1) is 11.8 Å². The maximum absolute atomic E-state index is 13.1. The lowest BCUT2D eigenvalue weighted by atomic mass is 9.99. The van der Waals surface area contributed by atoms with Gasteiger partial charge in [0.2, 0.25) is 17.7 Å². The average molecular weight is 504 g/mol. The van der Waals surface area contributed by atoms with E-state index < -0.39 is 54.5 Å². The van der Waals surface area contributed by atoms with Crippen molar-refractivity contribution in [1.82, 2.24) is 20.9 Å². The van der Waals surface area contributed by atoms with Gasteiger partial charge in [-0.1, -0.05) is 45.9 Å². The number of hydrogen-bond donors (Lipinski definition) is 7. The van der Waals surface area contributed by atoms with E-state index in [4.69, 9.17) is 10.8 Å². The molecule has 2 aromatic rings. The molecule has 0 bridgehead atoms. The SMILES string of the molecule is CC(C)CC(NC(=O)C(N)Cc1c[nH]c2ccccc12)C(=O)NC(C(=O)NC(CO)C(=O)O)C(C)C. The van der Waals surface area contributed by atoms with Crippen LogP contribution in [-0.4, -0.2) is 69.7 Å². The minimum absolute atomic E-state index is 0.0444. The summed E-state index contributed by atoms with van der Waals surface area (Å²) < 4.78 is 0. The van der Waals surface area contributed by atoms with Gasteiger partial charge in [0.1, 0.15) is 18.1 Å². The van der Waals surface area contributed by atoms with Crippen LogP contribution in [0.1, 0.15) is 39.7 Å². The maximum atomic E-state index is 13.1. The first kappa shape index (κ1) is 28.8. The van der Waals surface area contributed by atoms with Gasteiger partial charge in [0.15, 0.2) is 0 Å². The predicted molar refractivity (Wildman–Crippen MR) is 135 cm³/mol. The zero-order valence-electron chi connectivity index (χ0n) is 21.1. The molecule has 11 nitrogen and oxygen atoms in total. The first-order chi connectivity index (χ1) is 16.9. The van der Waals surface area contributed by atoms with Gasteiger partial charge in [0.25, 0.3) is 0 Å². The molecule has 4 atom stereocenters. The Morgan fingerprint density at radius 1 is 0.944 bits per heavy atom. The van der Waals surface area contributed by atoms with Gasteiger partial charge in [0, 0.05) is 17.1 Å². The van der Waals surface area contributed by atoms with Crippen molar-refractivity contribution in [3.63, 3.8) is 0 Å². The van der Waals surface area contributed by atoms with Gasteiger partial charge in [-0.15, -0.1) is 0 Å². The smallest absolute Gasteiger partial charge is 0.328 e. The number of benzene rings is 1. The number of carboxylic acid groups (broad SMARTS) is 1. The molecule has 0 saturated heterocycles. The van der Waals surface area contributed by atoms with E-state index in [9.17, 15) is 24.3 Å². The largest absolute Gasteiger partial charge is 0.480 e. The highest BCUT2D eigenvalue weighted by Crippen LogP contribution is 2.19. The van der Waals surface area contributed by atoms with E-state index >= 15 is 0 Å². The molecule has 0 radical (unpaired) electrons. The van der Waals surface area contributed by atoms with Crippen LogP contribution in [0.15, 0.2) is 30.5 Å². The molecule has 0 saturated carbocycles. The number of para-hydroxylation sites is 1. The first-order valence-corrected chi connectivity index (χ1v) is 12.0. The average Bonchev–Trinajstić information content (AvgIpc) is 3.22. The molecule has 0 fully saturated rings. The Bertz CT molecular complexity index is 1070. The summed E-state index contributed by atoms with van der Waals surface area (Å²) in [6.07, 6.45) is 2.37. The van der Waals surface area contributed by atoms with E-state index in [1.165, 1.54) is 0 Å². The number of aromatic amines is 1. The van der Waals surface area contributed by atoms with Crippen LogP contribution in [0.3, 0.4) is 0 Å². The van der Waals surface area contributed by atoms with Crippen molar-refractivity contribution in [2.75, 3.05) is 6.61 Å². The number of amides is 3. The molecule has 0 spiro atoms. The zero-order valence-corrected chi connectivity index (χ0v) is 21.1. The molecule has 0 aliphatic heterocycles. The second-order valence-electron chi connectivity index (χ2n) is 9.67. The first-order valence-electron chi connectivity index (χ1n) is 12.0. The van der Waals surface area contributed by atoms with Gasteiger partial charge in [0.05, 0.1) is 12.6 Å². The molecule has 1 aromatic heterocycles. The molecule has 0 aliphatic carbocycles. The Morgan fingerprint density at radius 2 is 1.58 bits per heavy atom. The number of rotatable bonds is 13. The van der Waals surface area contributed by atoms with Crippen LogP contribution in [0.25, 0.3) is 10.9 Å². The van der Waals surface area contributed by atoms with E-state index in [0.29, 0.717) is 6.42 Å². The summed E-state index contributed by atoms with van der Waals surface area (Å²) in [5.41, 5.74) is 7.99. The normalized spacial score (nSPS) is 14.8. The number of carboxylic acids is 1. The van der Waals surface area contributed by atoms with Crippen molar-refractivity contribution in [3.05, 3.63) is 36.0 Å². The quantitative estimate of drug-likeness (QED) is 0.204. The Labute approximate surface area is 210 Å². The van der Waals surface area contributed by atoms with Crippen molar-refractivity contribution in [3.8, 4) is 0 Å². The van der Waals surface area contributed by atoms with Crippen LogP contribution in [0.4, 0.5) is 0 Å². The number of aromatic nitrogens is 1. The molecule has 36 heavy (non-hydrogen) atoms. The van der Waals surface area contributed by atoms with Gasteiger partial charge in [-0.25, -0.2) is 4.79 Å². The summed E-state index contributed by atoms with van der Waals surface area (Å²) in [7, 11) is 0. The molecule has 3 amide bonds. The topological polar surface area (TPSA) is 187 Å². The second kappa shape index (κ2) is 13.0. The molecule has 1 heterocycles. The van der Waals surface area contributed by atoms with Crippen LogP contribution < -0.4 is 21.7 Å². The number of hydrogen-bond acceptors (Lipinski definition) is 6. The standard InChI is InChI=1S/C25H37N5O6/c1-13(2)9-19(23(33)30-21(14(3)4)24(34)29-20(12-31)25(35)36)28-22(32)17(26)10-15-11-27-18-8-6-5-7-16(15)18/h5-8,11,13-14,17,19-21,27,31H,9-10,12,26H2,1-4H3,(H,28,32)(H,29,34)(H,30,33)(H,35,36). The van der Waals surface area contributed by atoms with Crippen LogP contribution in [0.5, 0.6) is 0 Å². The fourth-order valence-corrected chi connectivity index (χ4v) is 3.85. The van der Waals surface area contributed by atoms with Crippen molar-refractivity contribution in [2.45, 2.75) is 64.7 Å². The Morgan fingerprint density at radius 3 is 2.17 bits per heavy atom. The number of nitrogens with two attached hydrogens (primary N) is 1. The van der Waals surface area contributed by atoms with Gasteiger partial charge >= 0.3 is 5.97 Å². The number of aliphatic hydroxyl groups excluding tert-OH is 1. The van der Waals surface area contributed by atoms with E-state index in [1.54, 1.807) is 20.0 Å². The van der Waals surface area contributed by atoms with Crippen molar-refractivity contribution in [1.29, 1.82) is 0 Å². The van der Waals surface area contributed by atoms with Crippen LogP contribution in [-0.2, 0) is 25.6 Å². The Hall–Kier alpha value is -3.44. The number of aliphatic carboxylic acids is 1. The summed E-state index contributed by atoms with van der Waals surface area (Å²) in [5.74, 6) is -3.57. The molecule has 1 aromatic carbocycles. The maximum Gasteiger partial charge on any atom is 0.328 e. The van der Waals surface area contributed by atoms with Gasteiger partial charge < -0.3 is 36.9 Å². The molecular weight excluding hydrogens is 466 g/mol. The van der Waals surface area contributed by atoms with E-state index in [0.717, 1.165) is 16.5 Å². The lowest BCUT2D eigenvalue weighted by Crippen LogP contribution is -2.59. The molecule has 198 valence electrons. The highest BCUT2D eigenvalue weighted by Gasteiger charge is 2.32. The summed E-state index contributed by atoms with van der Waals surface area (Å²) in [5, 5.41) is 26.8. The summed E-state index contributed by atoms with van der Waals surface area (Å²) in [4.78, 5) is 53.0. The molecule has 2 rings (SSSR count). The highest BCUT2D eigenvalue weighted by molar-refractivity contribution is 5.94. The van der Waals surface area contributed by atoms with Gasteiger partial charge in [-0.2, -0.15) is 0 Å². The number of H-pyrrole nitrogens is 1. The Kier molecular flexibility index (Phi) is 10.4. The minimum Gasteiger partial charge on any atom is -0.480 e. The Balaban J connectivity index is 2.10. The van der Waals surface area contributed by atoms with E-state index in [2.05, 4.69) is 20.9 Å². The number of fused-ring (bicyclic) bond motifs is 1. The predicted octanol–water partition coefficient (Wildman–Crippen LogP) is 0.271. The molecule has 4 unspecified atom stereocenters.